The van der Waals surface area contributed by atoms with Crippen LogP contribution in [0.4, 0.5) is 13.2 Å². The maximum atomic E-state index is 12.7. The van der Waals surface area contributed by atoms with Gasteiger partial charge >= 0.3 is 12.1 Å². The highest BCUT2D eigenvalue weighted by molar-refractivity contribution is 5.96. The molecule has 0 saturated carbocycles. The molecule has 0 bridgehead atoms. The Balaban J connectivity index is 2.18. The van der Waals surface area contributed by atoms with Gasteiger partial charge in [-0.1, -0.05) is 25.1 Å². The first-order valence-corrected chi connectivity index (χ1v) is 7.84. The van der Waals surface area contributed by atoms with E-state index in [1.165, 1.54) is 17.0 Å². The molecule has 2 atom stereocenters. The third-order valence-corrected chi connectivity index (χ3v) is 4.22. The summed E-state index contributed by atoms with van der Waals surface area (Å²) in [7, 11) is 0. The van der Waals surface area contributed by atoms with Crippen LogP contribution in [0.15, 0.2) is 24.3 Å². The standard InChI is InChI=1S/C17H20F3NO3/c1-11-8-13(16(23)24)10-21(9-11)15(22)14-5-3-2-4-12(14)6-7-17(18,19)20/h2-5,11,13H,6-10H2,1H3,(H,23,24). The summed E-state index contributed by atoms with van der Waals surface area (Å²) >= 11 is 0. The van der Waals surface area contributed by atoms with Crippen molar-refractivity contribution in [1.29, 1.82) is 0 Å². The van der Waals surface area contributed by atoms with Crippen LogP contribution in [0.2, 0.25) is 0 Å². The predicted octanol–water partition coefficient (Wildman–Crippen LogP) is 3.36. The van der Waals surface area contributed by atoms with E-state index < -0.39 is 30.4 Å². The number of likely N-dealkylation sites (tertiary alicyclic amines) is 1. The zero-order valence-electron chi connectivity index (χ0n) is 13.3. The number of piperidine rings is 1. The highest BCUT2D eigenvalue weighted by Crippen LogP contribution is 2.26. The van der Waals surface area contributed by atoms with Crippen LogP contribution in [-0.2, 0) is 11.2 Å². The normalized spacial score (nSPS) is 21.6. The zero-order valence-corrected chi connectivity index (χ0v) is 13.3. The van der Waals surface area contributed by atoms with Crippen LogP contribution in [0, 0.1) is 11.8 Å². The average Bonchev–Trinajstić information content (AvgIpc) is 2.51. The molecule has 0 radical (unpaired) electrons. The molecular formula is C17H20F3NO3. The number of nitrogens with zero attached hydrogens (tertiary/aromatic N) is 1. The quantitative estimate of drug-likeness (QED) is 0.912. The van der Waals surface area contributed by atoms with Crippen molar-refractivity contribution in [2.45, 2.75) is 32.4 Å². The minimum absolute atomic E-state index is 0.0335. The van der Waals surface area contributed by atoms with Gasteiger partial charge in [0, 0.05) is 25.1 Å². The van der Waals surface area contributed by atoms with Crippen molar-refractivity contribution in [3.8, 4) is 0 Å². The minimum atomic E-state index is -4.29. The molecule has 1 amide bonds. The maximum Gasteiger partial charge on any atom is 0.389 e. The zero-order chi connectivity index (χ0) is 17.9. The lowest BCUT2D eigenvalue weighted by molar-refractivity contribution is -0.143. The molecule has 1 aromatic carbocycles. The third-order valence-electron chi connectivity index (χ3n) is 4.22. The lowest BCUT2D eigenvalue weighted by atomic mass is 9.89. The fraction of sp³-hybridized carbons (Fsp3) is 0.529. The smallest absolute Gasteiger partial charge is 0.389 e. The molecule has 2 unspecified atom stereocenters. The number of carbonyl (C=O) groups excluding carboxylic acids is 1. The van der Waals surface area contributed by atoms with Crippen LogP contribution in [0.3, 0.4) is 0 Å². The largest absolute Gasteiger partial charge is 0.481 e. The van der Waals surface area contributed by atoms with Crippen molar-refractivity contribution in [3.05, 3.63) is 35.4 Å². The Morgan fingerprint density at radius 1 is 1.25 bits per heavy atom. The van der Waals surface area contributed by atoms with E-state index >= 15 is 0 Å². The van der Waals surface area contributed by atoms with Crippen LogP contribution >= 0.6 is 0 Å². The van der Waals surface area contributed by atoms with E-state index in [1.807, 2.05) is 6.92 Å². The number of halogens is 3. The second-order valence-electron chi connectivity index (χ2n) is 6.36. The number of carbonyl (C=O) groups is 2. The number of amides is 1. The summed E-state index contributed by atoms with van der Waals surface area (Å²) in [6.07, 6.45) is -5.05. The fourth-order valence-corrected chi connectivity index (χ4v) is 3.09. The molecule has 4 nitrogen and oxygen atoms in total. The molecule has 0 aromatic heterocycles. The van der Waals surface area contributed by atoms with Gasteiger partial charge in [0.15, 0.2) is 0 Å². The predicted molar refractivity (Wildman–Crippen MR) is 81.6 cm³/mol. The van der Waals surface area contributed by atoms with Gasteiger partial charge < -0.3 is 10.0 Å². The van der Waals surface area contributed by atoms with Crippen LogP contribution in [0.25, 0.3) is 0 Å². The van der Waals surface area contributed by atoms with Crippen LogP contribution in [0.1, 0.15) is 35.7 Å². The molecule has 1 fully saturated rings. The molecule has 1 aromatic rings. The number of hydrogen-bond donors (Lipinski definition) is 1. The fourth-order valence-electron chi connectivity index (χ4n) is 3.09. The lowest BCUT2D eigenvalue weighted by Crippen LogP contribution is -2.45. The molecule has 132 valence electrons. The van der Waals surface area contributed by atoms with Crippen LogP contribution in [-0.4, -0.2) is 41.1 Å². The molecular weight excluding hydrogens is 323 g/mol. The van der Waals surface area contributed by atoms with Gasteiger partial charge in [-0.15, -0.1) is 0 Å². The maximum absolute atomic E-state index is 12.7. The summed E-state index contributed by atoms with van der Waals surface area (Å²) in [5.74, 6) is -1.96. The van der Waals surface area contributed by atoms with Crippen molar-refractivity contribution in [2.24, 2.45) is 11.8 Å². The van der Waals surface area contributed by atoms with E-state index in [2.05, 4.69) is 0 Å². The number of aryl methyl sites for hydroxylation is 1. The Kier molecular flexibility index (Phi) is 5.51. The average molecular weight is 343 g/mol. The minimum Gasteiger partial charge on any atom is -0.481 e. The monoisotopic (exact) mass is 343 g/mol. The molecule has 1 aliphatic heterocycles. The van der Waals surface area contributed by atoms with Crippen molar-refractivity contribution >= 4 is 11.9 Å². The molecule has 1 aliphatic rings. The molecule has 0 aliphatic carbocycles. The first kappa shape index (κ1) is 18.3. The summed E-state index contributed by atoms with van der Waals surface area (Å²) in [4.78, 5) is 25.4. The molecule has 1 heterocycles. The second-order valence-corrected chi connectivity index (χ2v) is 6.36. The highest BCUT2D eigenvalue weighted by Gasteiger charge is 2.33. The van der Waals surface area contributed by atoms with Gasteiger partial charge in [-0.3, -0.25) is 9.59 Å². The van der Waals surface area contributed by atoms with Crippen LogP contribution in [0.5, 0.6) is 0 Å². The highest BCUT2D eigenvalue weighted by atomic mass is 19.4. The summed E-state index contributed by atoms with van der Waals surface area (Å²) in [5, 5.41) is 9.19. The molecule has 1 saturated heterocycles. The van der Waals surface area contributed by atoms with Gasteiger partial charge in [0.1, 0.15) is 0 Å². The van der Waals surface area contributed by atoms with E-state index in [-0.39, 0.29) is 24.4 Å². The van der Waals surface area contributed by atoms with Crippen LogP contribution < -0.4 is 0 Å². The van der Waals surface area contributed by atoms with Gasteiger partial charge in [-0.25, -0.2) is 0 Å². The van der Waals surface area contributed by atoms with Gasteiger partial charge in [-0.05, 0) is 30.4 Å². The number of carboxylic acid groups (broad SMARTS) is 1. The van der Waals surface area contributed by atoms with E-state index in [0.717, 1.165) is 0 Å². The molecule has 2 rings (SSSR count). The summed E-state index contributed by atoms with van der Waals surface area (Å²) in [5.41, 5.74) is 0.560. The number of benzene rings is 1. The van der Waals surface area contributed by atoms with E-state index in [9.17, 15) is 27.9 Å². The van der Waals surface area contributed by atoms with Crippen molar-refractivity contribution in [3.63, 3.8) is 0 Å². The number of aliphatic carboxylic acids is 1. The molecule has 7 heteroatoms. The van der Waals surface area contributed by atoms with Gasteiger partial charge in [0.05, 0.1) is 5.92 Å². The summed E-state index contributed by atoms with van der Waals surface area (Å²) < 4.78 is 37.4. The van der Waals surface area contributed by atoms with Gasteiger partial charge in [0.25, 0.3) is 5.91 Å². The lowest BCUT2D eigenvalue weighted by Gasteiger charge is -2.35. The van der Waals surface area contributed by atoms with E-state index in [1.54, 1.807) is 12.1 Å². The third kappa shape index (κ3) is 4.72. The number of rotatable bonds is 4. The second kappa shape index (κ2) is 7.23. The molecule has 1 N–H and O–H groups in total. The first-order chi connectivity index (χ1) is 11.2. The molecule has 24 heavy (non-hydrogen) atoms. The number of alkyl halides is 3. The van der Waals surface area contributed by atoms with Crippen molar-refractivity contribution in [1.82, 2.24) is 4.90 Å². The SMILES string of the molecule is CC1CC(C(=O)O)CN(C(=O)c2ccccc2CCC(F)(F)F)C1. The Morgan fingerprint density at radius 2 is 1.92 bits per heavy atom. The first-order valence-electron chi connectivity index (χ1n) is 7.84. The van der Waals surface area contributed by atoms with Crippen molar-refractivity contribution in [2.75, 3.05) is 13.1 Å². The van der Waals surface area contributed by atoms with Gasteiger partial charge in [0.2, 0.25) is 0 Å². The summed E-state index contributed by atoms with van der Waals surface area (Å²) in [6, 6.07) is 6.22. The Labute approximate surface area is 138 Å². The number of carboxylic acids is 1. The van der Waals surface area contributed by atoms with E-state index in [4.69, 9.17) is 0 Å². The van der Waals surface area contributed by atoms with E-state index in [0.29, 0.717) is 18.5 Å². The Morgan fingerprint density at radius 3 is 2.54 bits per heavy atom. The molecule has 0 spiro atoms. The Hall–Kier alpha value is -2.05. The number of hydrogen-bond acceptors (Lipinski definition) is 2. The van der Waals surface area contributed by atoms with Gasteiger partial charge in [-0.2, -0.15) is 13.2 Å². The van der Waals surface area contributed by atoms with Crippen molar-refractivity contribution < 1.29 is 27.9 Å². The topological polar surface area (TPSA) is 57.6 Å². The summed E-state index contributed by atoms with van der Waals surface area (Å²) in [6.45, 7) is 2.37. The Bertz CT molecular complexity index is 615.